The summed E-state index contributed by atoms with van der Waals surface area (Å²) in [7, 11) is 2.04. The van der Waals surface area contributed by atoms with Crippen molar-refractivity contribution in [3.05, 3.63) is 12.7 Å². The van der Waals surface area contributed by atoms with Crippen LogP contribution in [0.3, 0.4) is 0 Å². The molecule has 0 aromatic carbocycles. The number of nitrogens with one attached hydrogen (secondary N) is 1. The molecule has 1 fully saturated rings. The lowest BCUT2D eigenvalue weighted by Gasteiger charge is -2.38. The second kappa shape index (κ2) is 5.16. The topological polar surface area (TPSA) is 12.0 Å². The quantitative estimate of drug-likeness (QED) is 0.700. The third kappa shape index (κ3) is 3.34. The average Bonchev–Trinajstić information content (AvgIpc) is 2.19. The second-order valence-corrected chi connectivity index (χ2v) is 6.03. The Balaban J connectivity index is 2.45. The van der Waals surface area contributed by atoms with E-state index in [9.17, 15) is 0 Å². The van der Waals surface area contributed by atoms with Gasteiger partial charge < -0.3 is 5.32 Å². The van der Waals surface area contributed by atoms with E-state index in [4.69, 9.17) is 0 Å². The van der Waals surface area contributed by atoms with E-state index in [1.165, 1.54) is 25.7 Å². The molecule has 1 rings (SSSR count). The van der Waals surface area contributed by atoms with E-state index >= 15 is 0 Å². The Morgan fingerprint density at radius 2 is 1.73 bits per heavy atom. The maximum absolute atomic E-state index is 3.91. The molecule has 1 saturated carbocycles. The van der Waals surface area contributed by atoms with Crippen molar-refractivity contribution in [3.63, 3.8) is 0 Å². The van der Waals surface area contributed by atoms with Gasteiger partial charge in [0.1, 0.15) is 0 Å². The molecule has 1 N–H and O–H groups in total. The van der Waals surface area contributed by atoms with Gasteiger partial charge in [0.2, 0.25) is 0 Å². The van der Waals surface area contributed by atoms with Crippen LogP contribution >= 0.6 is 0 Å². The highest BCUT2D eigenvalue weighted by Gasteiger charge is 2.31. The van der Waals surface area contributed by atoms with Crippen LogP contribution in [0.1, 0.15) is 46.5 Å². The van der Waals surface area contributed by atoms with Crippen molar-refractivity contribution in [2.24, 2.45) is 17.3 Å². The molecular formula is C14H27N. The fraction of sp³-hybridized carbons (Fsp3) is 0.857. The van der Waals surface area contributed by atoms with E-state index in [0.29, 0.717) is 11.5 Å². The van der Waals surface area contributed by atoms with E-state index < -0.39 is 0 Å². The molecule has 1 nitrogen and oxygen atoms in total. The molecule has 1 unspecified atom stereocenters. The first kappa shape index (κ1) is 12.8. The fourth-order valence-electron chi connectivity index (χ4n) is 2.89. The summed E-state index contributed by atoms with van der Waals surface area (Å²) in [6, 6.07) is 0.519. The van der Waals surface area contributed by atoms with Crippen LogP contribution in [0.15, 0.2) is 12.7 Å². The van der Waals surface area contributed by atoms with Crippen LogP contribution in [0.25, 0.3) is 0 Å². The van der Waals surface area contributed by atoms with Crippen molar-refractivity contribution < 1.29 is 0 Å². The summed E-state index contributed by atoms with van der Waals surface area (Å²) in [4.78, 5) is 0. The molecule has 0 heterocycles. The Hall–Kier alpha value is -0.300. The minimum absolute atomic E-state index is 0.494. The van der Waals surface area contributed by atoms with Crippen LogP contribution in [-0.4, -0.2) is 13.1 Å². The molecule has 1 atom stereocenters. The van der Waals surface area contributed by atoms with Gasteiger partial charge in [-0.05, 0) is 50.0 Å². The lowest BCUT2D eigenvalue weighted by molar-refractivity contribution is 0.141. The zero-order valence-corrected chi connectivity index (χ0v) is 10.8. The van der Waals surface area contributed by atoms with Crippen LogP contribution in [0.4, 0.5) is 0 Å². The monoisotopic (exact) mass is 209 g/mol. The average molecular weight is 209 g/mol. The molecule has 0 bridgehead atoms. The number of rotatable bonds is 3. The van der Waals surface area contributed by atoms with E-state index in [-0.39, 0.29) is 0 Å². The van der Waals surface area contributed by atoms with Gasteiger partial charge in [0.05, 0.1) is 0 Å². The zero-order chi connectivity index (χ0) is 11.5. The van der Waals surface area contributed by atoms with Crippen molar-refractivity contribution in [1.29, 1.82) is 0 Å². The van der Waals surface area contributed by atoms with Gasteiger partial charge in [0.25, 0.3) is 0 Å². The van der Waals surface area contributed by atoms with Gasteiger partial charge in [-0.3, -0.25) is 0 Å². The fourth-order valence-corrected chi connectivity index (χ4v) is 2.89. The van der Waals surface area contributed by atoms with Crippen molar-refractivity contribution in [2.75, 3.05) is 7.05 Å². The van der Waals surface area contributed by atoms with Gasteiger partial charge in [-0.15, -0.1) is 6.58 Å². The molecular weight excluding hydrogens is 182 g/mol. The van der Waals surface area contributed by atoms with Gasteiger partial charge in [-0.25, -0.2) is 0 Å². The van der Waals surface area contributed by atoms with E-state index in [2.05, 4.69) is 38.7 Å². The van der Waals surface area contributed by atoms with Crippen LogP contribution in [0.5, 0.6) is 0 Å². The summed E-state index contributed by atoms with van der Waals surface area (Å²) in [6.45, 7) is 11.0. The van der Waals surface area contributed by atoms with Crippen LogP contribution < -0.4 is 5.32 Å². The minimum Gasteiger partial charge on any atom is -0.313 e. The van der Waals surface area contributed by atoms with E-state index in [0.717, 1.165) is 11.8 Å². The van der Waals surface area contributed by atoms with Crippen molar-refractivity contribution >= 4 is 0 Å². The molecule has 0 aliphatic heterocycles. The first-order valence-corrected chi connectivity index (χ1v) is 6.29. The molecule has 0 amide bonds. The molecule has 0 saturated heterocycles. The molecule has 1 heteroatoms. The minimum atomic E-state index is 0.494. The van der Waals surface area contributed by atoms with Crippen molar-refractivity contribution in [2.45, 2.75) is 52.5 Å². The summed E-state index contributed by atoms with van der Waals surface area (Å²) in [5.74, 6) is 1.72. The summed E-state index contributed by atoms with van der Waals surface area (Å²) in [5, 5.41) is 3.36. The Morgan fingerprint density at radius 1 is 1.20 bits per heavy atom. The lowest BCUT2D eigenvalue weighted by atomic mass is 9.68. The largest absolute Gasteiger partial charge is 0.313 e. The van der Waals surface area contributed by atoms with Crippen LogP contribution in [0.2, 0.25) is 0 Å². The van der Waals surface area contributed by atoms with Crippen LogP contribution in [0, 0.1) is 17.3 Å². The van der Waals surface area contributed by atoms with E-state index in [1.807, 2.05) is 7.05 Å². The van der Waals surface area contributed by atoms with Gasteiger partial charge >= 0.3 is 0 Å². The molecule has 1 aliphatic rings. The predicted octanol–water partition coefficient (Wildman–Crippen LogP) is 3.61. The second-order valence-electron chi connectivity index (χ2n) is 6.03. The third-order valence-corrected chi connectivity index (χ3v) is 4.09. The number of likely N-dealkylation sites (N-methyl/N-ethyl adjacent to an activating group) is 1. The molecule has 88 valence electrons. The highest BCUT2D eigenvalue weighted by Crippen LogP contribution is 2.40. The predicted molar refractivity (Wildman–Crippen MR) is 67.9 cm³/mol. The smallest absolute Gasteiger partial charge is 0.0272 e. The summed E-state index contributed by atoms with van der Waals surface area (Å²) in [6.07, 6.45) is 7.57. The Labute approximate surface area is 95.3 Å². The maximum atomic E-state index is 3.91. The van der Waals surface area contributed by atoms with Crippen LogP contribution in [-0.2, 0) is 0 Å². The Bertz CT molecular complexity index is 194. The van der Waals surface area contributed by atoms with Gasteiger partial charge in [-0.2, -0.15) is 0 Å². The van der Waals surface area contributed by atoms with Crippen molar-refractivity contribution in [3.8, 4) is 0 Å². The highest BCUT2D eigenvalue weighted by molar-refractivity contribution is 4.93. The van der Waals surface area contributed by atoms with Crippen molar-refractivity contribution in [1.82, 2.24) is 5.32 Å². The molecule has 0 aromatic rings. The SMILES string of the molecule is C=CC(NC)C1CCC(C(C)(C)C)CC1. The summed E-state index contributed by atoms with van der Waals surface area (Å²) >= 11 is 0. The number of hydrogen-bond donors (Lipinski definition) is 1. The molecule has 1 aliphatic carbocycles. The highest BCUT2D eigenvalue weighted by atomic mass is 14.9. The Morgan fingerprint density at radius 3 is 2.07 bits per heavy atom. The first-order chi connectivity index (χ1) is 6.99. The standard InChI is InChI=1S/C14H27N/c1-6-13(15-5)11-7-9-12(10-8-11)14(2,3)4/h6,11-13,15H,1,7-10H2,2-5H3. The van der Waals surface area contributed by atoms with Gasteiger partial charge in [-0.1, -0.05) is 26.8 Å². The lowest BCUT2D eigenvalue weighted by Crippen LogP contribution is -2.36. The molecule has 0 aromatic heterocycles. The molecule has 15 heavy (non-hydrogen) atoms. The zero-order valence-electron chi connectivity index (χ0n) is 10.8. The van der Waals surface area contributed by atoms with Gasteiger partial charge in [0.15, 0.2) is 0 Å². The molecule has 0 spiro atoms. The Kier molecular flexibility index (Phi) is 4.39. The first-order valence-electron chi connectivity index (χ1n) is 6.29. The van der Waals surface area contributed by atoms with E-state index in [1.54, 1.807) is 0 Å². The summed E-state index contributed by atoms with van der Waals surface area (Å²) in [5.41, 5.74) is 0.494. The van der Waals surface area contributed by atoms with Gasteiger partial charge in [0, 0.05) is 6.04 Å². The normalized spacial score (nSPS) is 29.9. The molecule has 0 radical (unpaired) electrons. The number of hydrogen-bond acceptors (Lipinski definition) is 1. The third-order valence-electron chi connectivity index (χ3n) is 4.09. The summed E-state index contributed by atoms with van der Waals surface area (Å²) < 4.78 is 0. The maximum Gasteiger partial charge on any atom is 0.0272 e.